The van der Waals surface area contributed by atoms with Gasteiger partial charge in [0.25, 0.3) is 0 Å². The smallest absolute Gasteiger partial charge is 0.226 e. The van der Waals surface area contributed by atoms with Gasteiger partial charge in [0.05, 0.1) is 12.3 Å². The molecular formula is C19H25N3O3S. The molecule has 1 aromatic carbocycles. The van der Waals surface area contributed by atoms with Gasteiger partial charge < -0.3 is 9.88 Å². The Bertz CT molecular complexity index is 942. The summed E-state index contributed by atoms with van der Waals surface area (Å²) in [7, 11) is -3.16. The first kappa shape index (κ1) is 17.5. The third kappa shape index (κ3) is 2.93. The van der Waals surface area contributed by atoms with Crippen molar-refractivity contribution in [2.75, 3.05) is 25.9 Å². The van der Waals surface area contributed by atoms with Crippen LogP contribution in [-0.2, 0) is 21.2 Å². The van der Waals surface area contributed by atoms with E-state index in [1.807, 2.05) is 17.0 Å². The van der Waals surface area contributed by atoms with E-state index in [-0.39, 0.29) is 17.9 Å². The highest BCUT2D eigenvalue weighted by Gasteiger charge is 2.36. The first-order chi connectivity index (χ1) is 12.4. The summed E-state index contributed by atoms with van der Waals surface area (Å²) in [5.74, 6) is 0.0799. The average molecular weight is 375 g/mol. The van der Waals surface area contributed by atoms with Gasteiger partial charge in [-0.2, -0.15) is 0 Å². The molecule has 0 aliphatic carbocycles. The minimum atomic E-state index is -3.16. The number of nitrogens with zero attached hydrogens (tertiary/aromatic N) is 2. The molecule has 0 radical (unpaired) electrons. The number of aromatic amines is 1. The van der Waals surface area contributed by atoms with Gasteiger partial charge in [-0.3, -0.25) is 4.79 Å². The van der Waals surface area contributed by atoms with Crippen molar-refractivity contribution in [2.24, 2.45) is 5.92 Å². The molecule has 2 aromatic rings. The van der Waals surface area contributed by atoms with E-state index in [4.69, 9.17) is 0 Å². The van der Waals surface area contributed by atoms with Crippen molar-refractivity contribution in [3.8, 4) is 0 Å². The number of aromatic nitrogens is 1. The minimum absolute atomic E-state index is 0.0200. The molecular weight excluding hydrogens is 350 g/mol. The van der Waals surface area contributed by atoms with E-state index in [0.717, 1.165) is 24.2 Å². The fraction of sp³-hybridized carbons (Fsp3) is 0.526. The lowest BCUT2D eigenvalue weighted by Gasteiger charge is -2.38. The first-order valence-corrected chi connectivity index (χ1v) is 11.1. The maximum Gasteiger partial charge on any atom is 0.226 e. The summed E-state index contributed by atoms with van der Waals surface area (Å²) in [6.07, 6.45) is 3.31. The highest BCUT2D eigenvalue weighted by Crippen LogP contribution is 2.35. The zero-order valence-electron chi connectivity index (χ0n) is 15.2. The molecule has 6 nitrogen and oxygen atoms in total. The van der Waals surface area contributed by atoms with Gasteiger partial charge in [-0.1, -0.05) is 18.2 Å². The zero-order valence-corrected chi connectivity index (χ0v) is 16.1. The number of benzene rings is 1. The number of rotatable bonds is 2. The number of nitrogens with one attached hydrogen (secondary N) is 1. The monoisotopic (exact) mass is 375 g/mol. The predicted molar refractivity (Wildman–Crippen MR) is 101 cm³/mol. The number of fused-ring (bicyclic) bond motifs is 3. The maximum absolute atomic E-state index is 13.1. The Kier molecular flexibility index (Phi) is 4.31. The summed E-state index contributed by atoms with van der Waals surface area (Å²) in [6, 6.07) is 8.30. The number of amides is 1. The quantitative estimate of drug-likeness (QED) is 0.875. The Morgan fingerprint density at radius 2 is 1.85 bits per heavy atom. The standard InChI is InChI=1S/C19H25N3O3S/c1-13-18-16(15-5-3-4-6-17(15)20-18)9-12-22(13)19(23)14-7-10-21(11-8-14)26(2,24)25/h3-6,13-14,20H,7-12H2,1-2H3/t13-/m1/s1. The van der Waals surface area contributed by atoms with Crippen molar-refractivity contribution >= 4 is 26.8 Å². The summed E-state index contributed by atoms with van der Waals surface area (Å²) >= 11 is 0. The van der Waals surface area contributed by atoms with E-state index in [9.17, 15) is 13.2 Å². The van der Waals surface area contributed by atoms with E-state index in [1.165, 1.54) is 21.5 Å². The van der Waals surface area contributed by atoms with Crippen LogP contribution >= 0.6 is 0 Å². The number of piperidine rings is 1. The van der Waals surface area contributed by atoms with E-state index >= 15 is 0 Å². The van der Waals surface area contributed by atoms with Crippen molar-refractivity contribution in [1.82, 2.24) is 14.2 Å². The molecule has 0 saturated carbocycles. The summed E-state index contributed by atoms with van der Waals surface area (Å²) < 4.78 is 24.8. The summed E-state index contributed by atoms with van der Waals surface area (Å²) in [5.41, 5.74) is 3.59. The molecule has 1 N–H and O–H groups in total. The fourth-order valence-electron chi connectivity index (χ4n) is 4.40. The Morgan fingerprint density at radius 1 is 1.15 bits per heavy atom. The number of para-hydroxylation sites is 1. The first-order valence-electron chi connectivity index (χ1n) is 9.21. The fourth-order valence-corrected chi connectivity index (χ4v) is 5.27. The second-order valence-corrected chi connectivity index (χ2v) is 9.44. The molecule has 2 aliphatic rings. The van der Waals surface area contributed by atoms with Crippen molar-refractivity contribution in [2.45, 2.75) is 32.2 Å². The number of carbonyl (C=O) groups is 1. The SMILES string of the molecule is C[C@@H]1c2[nH]c3ccccc3c2CCN1C(=O)C1CCN(S(C)(=O)=O)CC1. The molecule has 0 spiro atoms. The van der Waals surface area contributed by atoms with Gasteiger partial charge >= 0.3 is 0 Å². The number of H-pyrrole nitrogens is 1. The lowest BCUT2D eigenvalue weighted by atomic mass is 9.92. The predicted octanol–water partition coefficient (Wildman–Crippen LogP) is 2.29. The van der Waals surface area contributed by atoms with Gasteiger partial charge in [0.1, 0.15) is 0 Å². The van der Waals surface area contributed by atoms with Gasteiger partial charge in [-0.05, 0) is 37.8 Å². The van der Waals surface area contributed by atoms with Crippen molar-refractivity contribution in [3.63, 3.8) is 0 Å². The average Bonchev–Trinajstić information content (AvgIpc) is 3.01. The van der Waals surface area contributed by atoms with Crippen LogP contribution in [0, 0.1) is 5.92 Å². The van der Waals surface area contributed by atoms with Gasteiger partial charge in [-0.25, -0.2) is 12.7 Å². The molecule has 0 bridgehead atoms. The van der Waals surface area contributed by atoms with Gasteiger partial charge in [0.2, 0.25) is 15.9 Å². The summed E-state index contributed by atoms with van der Waals surface area (Å²) in [5, 5.41) is 1.25. The molecule has 0 unspecified atom stereocenters. The second-order valence-electron chi connectivity index (χ2n) is 7.46. The highest BCUT2D eigenvalue weighted by molar-refractivity contribution is 7.88. The molecule has 1 amide bonds. The number of hydrogen-bond acceptors (Lipinski definition) is 3. The molecule has 140 valence electrons. The Hall–Kier alpha value is -1.86. The molecule has 4 rings (SSSR count). The topological polar surface area (TPSA) is 73.5 Å². The van der Waals surface area contributed by atoms with Crippen LogP contribution in [0.5, 0.6) is 0 Å². The molecule has 26 heavy (non-hydrogen) atoms. The third-order valence-electron chi connectivity index (χ3n) is 5.89. The Balaban J connectivity index is 1.51. The van der Waals surface area contributed by atoms with E-state index < -0.39 is 10.0 Å². The molecule has 1 atom stereocenters. The van der Waals surface area contributed by atoms with Crippen LogP contribution in [0.25, 0.3) is 10.9 Å². The van der Waals surface area contributed by atoms with Crippen LogP contribution in [0.4, 0.5) is 0 Å². The van der Waals surface area contributed by atoms with E-state index in [0.29, 0.717) is 25.9 Å². The summed E-state index contributed by atoms with van der Waals surface area (Å²) in [6.45, 7) is 3.68. The van der Waals surface area contributed by atoms with Crippen LogP contribution < -0.4 is 0 Å². The maximum atomic E-state index is 13.1. The summed E-state index contributed by atoms with van der Waals surface area (Å²) in [4.78, 5) is 18.6. The Morgan fingerprint density at radius 3 is 2.54 bits per heavy atom. The van der Waals surface area contributed by atoms with Crippen LogP contribution in [0.3, 0.4) is 0 Å². The lowest BCUT2D eigenvalue weighted by Crippen LogP contribution is -2.46. The largest absolute Gasteiger partial charge is 0.356 e. The van der Waals surface area contributed by atoms with Crippen molar-refractivity contribution in [3.05, 3.63) is 35.5 Å². The molecule has 1 saturated heterocycles. The van der Waals surface area contributed by atoms with Gasteiger partial charge in [-0.15, -0.1) is 0 Å². The van der Waals surface area contributed by atoms with Crippen molar-refractivity contribution < 1.29 is 13.2 Å². The van der Waals surface area contributed by atoms with Gasteiger partial charge in [0, 0.05) is 42.1 Å². The van der Waals surface area contributed by atoms with Crippen LogP contribution in [0.1, 0.15) is 37.1 Å². The van der Waals surface area contributed by atoms with E-state index in [2.05, 4.69) is 24.0 Å². The lowest BCUT2D eigenvalue weighted by molar-refractivity contribution is -0.139. The Labute approximate surface area is 154 Å². The second kappa shape index (κ2) is 6.39. The normalized spacial score (nSPS) is 22.5. The van der Waals surface area contributed by atoms with Gasteiger partial charge in [0.15, 0.2) is 0 Å². The van der Waals surface area contributed by atoms with Crippen molar-refractivity contribution in [1.29, 1.82) is 0 Å². The zero-order chi connectivity index (χ0) is 18.5. The highest BCUT2D eigenvalue weighted by atomic mass is 32.2. The van der Waals surface area contributed by atoms with Crippen LogP contribution in [-0.4, -0.2) is 54.4 Å². The molecule has 1 fully saturated rings. The number of hydrogen-bond donors (Lipinski definition) is 1. The molecule has 7 heteroatoms. The molecule has 3 heterocycles. The molecule has 2 aliphatic heterocycles. The number of carbonyl (C=O) groups excluding carboxylic acids is 1. The van der Waals surface area contributed by atoms with Crippen LogP contribution in [0.15, 0.2) is 24.3 Å². The minimum Gasteiger partial charge on any atom is -0.356 e. The number of sulfonamides is 1. The molecule has 1 aromatic heterocycles. The van der Waals surface area contributed by atoms with Crippen LogP contribution in [0.2, 0.25) is 0 Å². The third-order valence-corrected chi connectivity index (χ3v) is 7.19. The van der Waals surface area contributed by atoms with E-state index in [1.54, 1.807) is 0 Å².